The molecule has 1 atom stereocenters. The maximum Gasteiger partial charge on any atom is 0.242 e. The maximum absolute atomic E-state index is 11.8. The molecule has 0 aliphatic carbocycles. The molecular formula is C12H22N6O. The van der Waals surface area contributed by atoms with Crippen molar-refractivity contribution >= 4 is 23.5 Å². The molecule has 106 valence electrons. The summed E-state index contributed by atoms with van der Waals surface area (Å²) in [6.45, 7) is 8.29. The van der Waals surface area contributed by atoms with Crippen molar-refractivity contribution in [3.05, 3.63) is 6.07 Å². The van der Waals surface area contributed by atoms with Gasteiger partial charge >= 0.3 is 0 Å². The number of rotatable bonds is 6. The van der Waals surface area contributed by atoms with Gasteiger partial charge in [-0.2, -0.15) is 9.97 Å². The Kier molecular flexibility index (Phi) is 5.35. The highest BCUT2D eigenvalue weighted by Gasteiger charge is 2.14. The van der Waals surface area contributed by atoms with Crippen LogP contribution in [0.25, 0.3) is 0 Å². The summed E-state index contributed by atoms with van der Waals surface area (Å²) in [5, 5.41) is 8.88. The van der Waals surface area contributed by atoms with E-state index in [-0.39, 0.29) is 17.9 Å². The quantitative estimate of drug-likeness (QED) is 0.607. The van der Waals surface area contributed by atoms with Crippen molar-refractivity contribution in [1.29, 1.82) is 0 Å². The molecule has 0 radical (unpaired) electrons. The van der Waals surface area contributed by atoms with Crippen LogP contribution in [0, 0.1) is 0 Å². The molecule has 7 nitrogen and oxygen atoms in total. The van der Waals surface area contributed by atoms with Crippen LogP contribution in [0.2, 0.25) is 0 Å². The number of anilines is 3. The van der Waals surface area contributed by atoms with E-state index in [9.17, 15) is 4.79 Å². The van der Waals surface area contributed by atoms with E-state index in [1.54, 1.807) is 13.0 Å². The summed E-state index contributed by atoms with van der Waals surface area (Å²) in [7, 11) is 0. The molecule has 7 heteroatoms. The van der Waals surface area contributed by atoms with Gasteiger partial charge in [-0.15, -0.1) is 0 Å². The van der Waals surface area contributed by atoms with E-state index in [0.717, 1.165) is 6.54 Å². The lowest BCUT2D eigenvalue weighted by Gasteiger charge is -2.17. The second kappa shape index (κ2) is 6.77. The minimum absolute atomic E-state index is 0.0859. The van der Waals surface area contributed by atoms with E-state index in [2.05, 4.69) is 25.9 Å². The van der Waals surface area contributed by atoms with E-state index >= 15 is 0 Å². The molecule has 5 N–H and O–H groups in total. The molecule has 19 heavy (non-hydrogen) atoms. The zero-order valence-corrected chi connectivity index (χ0v) is 11.8. The lowest BCUT2D eigenvalue weighted by molar-refractivity contribution is -0.122. The zero-order valence-electron chi connectivity index (χ0n) is 11.8. The van der Waals surface area contributed by atoms with Gasteiger partial charge in [-0.25, -0.2) is 0 Å². The van der Waals surface area contributed by atoms with Crippen LogP contribution in [0.1, 0.15) is 27.7 Å². The van der Waals surface area contributed by atoms with Crippen LogP contribution in [0.3, 0.4) is 0 Å². The molecule has 0 saturated heterocycles. The second-order valence-electron chi connectivity index (χ2n) is 4.56. The Balaban J connectivity index is 2.73. The van der Waals surface area contributed by atoms with E-state index in [0.29, 0.717) is 11.6 Å². The Morgan fingerprint density at radius 2 is 1.95 bits per heavy atom. The highest BCUT2D eigenvalue weighted by Crippen LogP contribution is 2.13. The third-order valence-electron chi connectivity index (χ3n) is 2.29. The van der Waals surface area contributed by atoms with E-state index in [1.165, 1.54) is 0 Å². The first-order valence-corrected chi connectivity index (χ1v) is 6.37. The van der Waals surface area contributed by atoms with Gasteiger partial charge in [0.25, 0.3) is 0 Å². The average molecular weight is 266 g/mol. The number of carbonyl (C=O) groups excluding carboxylic acids is 1. The highest BCUT2D eigenvalue weighted by atomic mass is 16.2. The average Bonchev–Trinajstić information content (AvgIpc) is 2.27. The molecule has 1 aromatic heterocycles. The number of carbonyl (C=O) groups is 1. The predicted octanol–water partition coefficient (Wildman–Crippen LogP) is 0.816. The minimum Gasteiger partial charge on any atom is -0.370 e. The van der Waals surface area contributed by atoms with Gasteiger partial charge in [-0.3, -0.25) is 4.79 Å². The summed E-state index contributed by atoms with van der Waals surface area (Å²) in [6.07, 6.45) is 0. The number of nitrogens with one attached hydrogen (secondary N) is 3. The summed E-state index contributed by atoms with van der Waals surface area (Å²) >= 11 is 0. The molecule has 0 saturated carbocycles. The second-order valence-corrected chi connectivity index (χ2v) is 4.56. The molecule has 0 bridgehead atoms. The van der Waals surface area contributed by atoms with Gasteiger partial charge in [0, 0.05) is 18.7 Å². The molecule has 1 rings (SSSR count). The van der Waals surface area contributed by atoms with E-state index in [4.69, 9.17) is 5.73 Å². The summed E-state index contributed by atoms with van der Waals surface area (Å²) in [5.41, 5.74) is 5.62. The molecule has 0 fully saturated rings. The summed E-state index contributed by atoms with van der Waals surface area (Å²) < 4.78 is 0. The fraction of sp³-hybridized carbons (Fsp3) is 0.583. The molecule has 1 heterocycles. The Labute approximate surface area is 113 Å². The van der Waals surface area contributed by atoms with Crippen molar-refractivity contribution in [1.82, 2.24) is 15.3 Å². The number of aromatic nitrogens is 2. The van der Waals surface area contributed by atoms with Crippen molar-refractivity contribution in [2.24, 2.45) is 0 Å². The van der Waals surface area contributed by atoms with Crippen molar-refractivity contribution in [2.75, 3.05) is 22.9 Å². The number of nitrogens with zero attached hydrogens (tertiary/aromatic N) is 2. The van der Waals surface area contributed by atoms with Crippen molar-refractivity contribution in [3.63, 3.8) is 0 Å². The Morgan fingerprint density at radius 1 is 1.32 bits per heavy atom. The van der Waals surface area contributed by atoms with Crippen LogP contribution in [0.4, 0.5) is 17.6 Å². The van der Waals surface area contributed by atoms with Crippen LogP contribution in [-0.2, 0) is 4.79 Å². The number of hydrogen-bond acceptors (Lipinski definition) is 6. The first kappa shape index (κ1) is 15.0. The fourth-order valence-electron chi connectivity index (χ4n) is 1.51. The normalized spacial score (nSPS) is 12.1. The van der Waals surface area contributed by atoms with Gasteiger partial charge in [0.2, 0.25) is 11.9 Å². The molecule has 1 aromatic rings. The highest BCUT2D eigenvalue weighted by molar-refractivity contribution is 5.84. The van der Waals surface area contributed by atoms with Crippen LogP contribution in [0.5, 0.6) is 0 Å². The van der Waals surface area contributed by atoms with E-state index < -0.39 is 6.04 Å². The van der Waals surface area contributed by atoms with Crippen LogP contribution in [0.15, 0.2) is 6.07 Å². The molecule has 0 aliphatic heterocycles. The monoisotopic (exact) mass is 266 g/mol. The summed E-state index contributed by atoms with van der Waals surface area (Å²) in [6, 6.07) is 1.43. The number of nitrogen functional groups attached to an aromatic ring is 1. The smallest absolute Gasteiger partial charge is 0.242 e. The third-order valence-corrected chi connectivity index (χ3v) is 2.29. The largest absolute Gasteiger partial charge is 0.370 e. The van der Waals surface area contributed by atoms with E-state index in [1.807, 2.05) is 20.8 Å². The Morgan fingerprint density at radius 3 is 2.53 bits per heavy atom. The predicted molar refractivity (Wildman–Crippen MR) is 77.0 cm³/mol. The van der Waals surface area contributed by atoms with Gasteiger partial charge in [0.15, 0.2) is 0 Å². The number of nitrogens with two attached hydrogens (primary N) is 1. The van der Waals surface area contributed by atoms with Crippen molar-refractivity contribution < 1.29 is 4.79 Å². The SMILES string of the molecule is CCNc1cc(NC(C)C(=O)NC(C)C)nc(N)n1. The maximum atomic E-state index is 11.8. The molecule has 1 amide bonds. The van der Waals surface area contributed by atoms with Crippen molar-refractivity contribution in [3.8, 4) is 0 Å². The lowest BCUT2D eigenvalue weighted by Crippen LogP contribution is -2.41. The van der Waals surface area contributed by atoms with Gasteiger partial charge in [-0.05, 0) is 27.7 Å². The molecule has 1 unspecified atom stereocenters. The summed E-state index contributed by atoms with van der Waals surface area (Å²) in [4.78, 5) is 19.9. The van der Waals surface area contributed by atoms with Crippen molar-refractivity contribution in [2.45, 2.75) is 39.8 Å². The van der Waals surface area contributed by atoms with Crippen LogP contribution < -0.4 is 21.7 Å². The van der Waals surface area contributed by atoms with Gasteiger partial charge < -0.3 is 21.7 Å². The van der Waals surface area contributed by atoms with Gasteiger partial charge in [0.05, 0.1) is 0 Å². The molecule has 0 aliphatic rings. The number of hydrogen-bond donors (Lipinski definition) is 4. The minimum atomic E-state index is -0.397. The van der Waals surface area contributed by atoms with Crippen LogP contribution in [-0.4, -0.2) is 34.5 Å². The fourth-order valence-corrected chi connectivity index (χ4v) is 1.51. The topological polar surface area (TPSA) is 105 Å². The van der Waals surface area contributed by atoms with Gasteiger partial charge in [-0.1, -0.05) is 0 Å². The lowest BCUT2D eigenvalue weighted by atomic mass is 10.3. The van der Waals surface area contributed by atoms with Crippen LogP contribution >= 0.6 is 0 Å². The Hall–Kier alpha value is -2.05. The molecule has 0 aromatic carbocycles. The first-order valence-electron chi connectivity index (χ1n) is 6.37. The molecular weight excluding hydrogens is 244 g/mol. The first-order chi connectivity index (χ1) is 8.92. The zero-order chi connectivity index (χ0) is 14.4. The summed E-state index contributed by atoms with van der Waals surface area (Å²) in [5.74, 6) is 1.23. The van der Waals surface area contributed by atoms with Gasteiger partial charge in [0.1, 0.15) is 17.7 Å². The number of amides is 1. The standard InChI is InChI=1S/C12H22N6O/c1-5-14-9-6-10(18-12(13)17-9)16-8(4)11(19)15-7(2)3/h6-8H,5H2,1-4H3,(H,15,19)(H4,13,14,16,17,18). The molecule has 0 spiro atoms. The Bertz CT molecular complexity index is 434. The third kappa shape index (κ3) is 4.99.